The van der Waals surface area contributed by atoms with Gasteiger partial charge < -0.3 is 4.90 Å². The lowest BCUT2D eigenvalue weighted by Gasteiger charge is -2.37. The molecule has 2 amide bonds. The largest absolute Gasteiger partial charge is 0.342 e. The zero-order valence-electron chi connectivity index (χ0n) is 16.3. The molecule has 9 nitrogen and oxygen atoms in total. The van der Waals surface area contributed by atoms with E-state index in [1.54, 1.807) is 34.6 Å². The Hall–Kier alpha value is -1.94. The summed E-state index contributed by atoms with van der Waals surface area (Å²) in [6, 6.07) is 1.12. The lowest BCUT2D eigenvalue weighted by atomic mass is 10.0. The molecule has 1 aliphatic carbocycles. The third-order valence-electron chi connectivity index (χ3n) is 5.22. The molecular weight excluding hydrogens is 370 g/mol. The van der Waals surface area contributed by atoms with Gasteiger partial charge in [0.05, 0.1) is 18.5 Å². The second-order valence-electron chi connectivity index (χ2n) is 7.46. The van der Waals surface area contributed by atoms with Gasteiger partial charge in [-0.15, -0.1) is 0 Å². The minimum absolute atomic E-state index is 0.190. The van der Waals surface area contributed by atoms with Crippen LogP contribution in [0, 0.1) is 6.92 Å². The summed E-state index contributed by atoms with van der Waals surface area (Å²) in [5.41, 5.74) is 0.781. The lowest BCUT2D eigenvalue weighted by Crippen LogP contribution is -2.56. The van der Waals surface area contributed by atoms with E-state index in [1.165, 1.54) is 0 Å². The lowest BCUT2D eigenvalue weighted by molar-refractivity contribution is -0.132. The van der Waals surface area contributed by atoms with Crippen LogP contribution in [0.3, 0.4) is 0 Å². The summed E-state index contributed by atoms with van der Waals surface area (Å²) in [5.74, 6) is 0.0536. The van der Waals surface area contributed by atoms with Gasteiger partial charge in [0.1, 0.15) is 11.9 Å². The van der Waals surface area contributed by atoms with Crippen LogP contribution in [-0.2, 0) is 26.7 Å². The van der Waals surface area contributed by atoms with Crippen molar-refractivity contribution in [3.63, 3.8) is 0 Å². The number of aromatic nitrogens is 2. The summed E-state index contributed by atoms with van der Waals surface area (Å²) in [5, 5.41) is 4.27. The third-order valence-corrected chi connectivity index (χ3v) is 6.45. The van der Waals surface area contributed by atoms with Crippen molar-refractivity contribution in [3.8, 4) is 0 Å². The smallest absolute Gasteiger partial charge is 0.246 e. The normalized spacial score (nSPS) is 21.0. The van der Waals surface area contributed by atoms with E-state index < -0.39 is 16.1 Å². The average molecular weight is 398 g/mol. The van der Waals surface area contributed by atoms with Crippen LogP contribution in [-0.4, -0.2) is 77.7 Å². The number of amides is 2. The minimum atomic E-state index is -3.73. The van der Waals surface area contributed by atoms with E-state index in [2.05, 4.69) is 5.10 Å². The minimum Gasteiger partial charge on any atom is -0.342 e. The summed E-state index contributed by atoms with van der Waals surface area (Å²) in [4.78, 5) is 28.8. The van der Waals surface area contributed by atoms with Crippen molar-refractivity contribution in [1.82, 2.24) is 19.0 Å². The number of hydrogen-bond donors (Lipinski definition) is 0. The molecule has 1 saturated heterocycles. The van der Waals surface area contributed by atoms with Crippen LogP contribution in [0.15, 0.2) is 6.07 Å². The maximum atomic E-state index is 13.1. The molecule has 27 heavy (non-hydrogen) atoms. The number of aryl methyl sites for hydroxylation is 2. The van der Waals surface area contributed by atoms with E-state index in [-0.39, 0.29) is 24.4 Å². The molecular formula is C17H27N5O4S. The molecule has 2 fully saturated rings. The number of rotatable bonds is 6. The van der Waals surface area contributed by atoms with Gasteiger partial charge in [-0.3, -0.25) is 19.2 Å². The molecule has 2 aliphatic rings. The summed E-state index contributed by atoms with van der Waals surface area (Å²) in [7, 11) is -0.286. The first-order valence-electron chi connectivity index (χ1n) is 9.14. The molecule has 1 atom stereocenters. The van der Waals surface area contributed by atoms with Gasteiger partial charge in [0.2, 0.25) is 21.8 Å². The standard InChI is InChI=1S/C17H27N5O4S/c1-12-10-15(20(3)18-12)21-9-5-6-14(17(21)24)22(27(4,25)26)11-16(23)19(2)13-7-8-13/h10,13-14H,5-9,11H2,1-4H3/t14-/m0/s1. The monoisotopic (exact) mass is 397 g/mol. The number of sulfonamides is 1. The van der Waals surface area contributed by atoms with E-state index in [9.17, 15) is 18.0 Å². The Morgan fingerprint density at radius 2 is 2.00 bits per heavy atom. The molecule has 0 aromatic carbocycles. The van der Waals surface area contributed by atoms with Crippen LogP contribution in [0.25, 0.3) is 0 Å². The fourth-order valence-electron chi connectivity index (χ4n) is 3.57. The molecule has 150 valence electrons. The molecule has 3 rings (SSSR count). The van der Waals surface area contributed by atoms with Crippen LogP contribution in [0.2, 0.25) is 0 Å². The van der Waals surface area contributed by atoms with Crippen molar-refractivity contribution in [3.05, 3.63) is 11.8 Å². The SMILES string of the molecule is Cc1cc(N2CCC[C@H](N(CC(=O)N(C)C3CC3)S(C)(=O)=O)C2=O)n(C)n1. The summed E-state index contributed by atoms with van der Waals surface area (Å²) >= 11 is 0. The first kappa shape index (κ1) is 19.8. The van der Waals surface area contributed by atoms with Gasteiger partial charge in [0, 0.05) is 32.7 Å². The first-order valence-corrected chi connectivity index (χ1v) is 11.0. The molecule has 1 aromatic heterocycles. The highest BCUT2D eigenvalue weighted by molar-refractivity contribution is 7.88. The molecule has 0 spiro atoms. The van der Waals surface area contributed by atoms with Crippen LogP contribution in [0.4, 0.5) is 5.82 Å². The Labute approximate surface area is 159 Å². The maximum Gasteiger partial charge on any atom is 0.246 e. The summed E-state index contributed by atoms with van der Waals surface area (Å²) < 4.78 is 27.5. The number of piperidine rings is 1. The molecule has 1 saturated carbocycles. The van der Waals surface area contributed by atoms with E-state index >= 15 is 0 Å². The second-order valence-corrected chi connectivity index (χ2v) is 9.39. The topological polar surface area (TPSA) is 95.8 Å². The number of hydrogen-bond acceptors (Lipinski definition) is 5. The van der Waals surface area contributed by atoms with Crippen LogP contribution in [0.1, 0.15) is 31.4 Å². The molecule has 2 heterocycles. The predicted octanol–water partition coefficient (Wildman–Crippen LogP) is 0.106. The number of likely N-dealkylation sites (N-methyl/N-ethyl adjacent to an activating group) is 1. The van der Waals surface area contributed by atoms with E-state index in [4.69, 9.17) is 0 Å². The summed E-state index contributed by atoms with van der Waals surface area (Å²) in [6.45, 7) is 2.03. The summed E-state index contributed by atoms with van der Waals surface area (Å²) in [6.07, 6.45) is 3.99. The van der Waals surface area contributed by atoms with Crippen molar-refractivity contribution >= 4 is 27.7 Å². The Kier molecular flexibility index (Phi) is 5.31. The first-order chi connectivity index (χ1) is 12.6. The number of carbonyl (C=O) groups excluding carboxylic acids is 2. The maximum absolute atomic E-state index is 13.1. The van der Waals surface area contributed by atoms with Gasteiger partial charge in [-0.25, -0.2) is 8.42 Å². The highest BCUT2D eigenvalue weighted by Crippen LogP contribution is 2.28. The predicted molar refractivity (Wildman–Crippen MR) is 101 cm³/mol. The molecule has 0 radical (unpaired) electrons. The molecule has 1 aliphatic heterocycles. The fourth-order valence-corrected chi connectivity index (χ4v) is 4.57. The van der Waals surface area contributed by atoms with Crippen LogP contribution >= 0.6 is 0 Å². The van der Waals surface area contributed by atoms with Gasteiger partial charge in [-0.1, -0.05) is 0 Å². The van der Waals surface area contributed by atoms with Crippen molar-refractivity contribution in [2.24, 2.45) is 7.05 Å². The van der Waals surface area contributed by atoms with E-state index in [0.717, 1.165) is 29.1 Å². The zero-order chi connectivity index (χ0) is 19.9. The Morgan fingerprint density at radius 1 is 1.33 bits per heavy atom. The average Bonchev–Trinajstić information content (AvgIpc) is 3.36. The van der Waals surface area contributed by atoms with Crippen molar-refractivity contribution < 1.29 is 18.0 Å². The Balaban J connectivity index is 1.84. The Morgan fingerprint density at radius 3 is 2.52 bits per heavy atom. The Bertz CT molecular complexity index is 846. The van der Waals surface area contributed by atoms with Crippen molar-refractivity contribution in [2.45, 2.75) is 44.7 Å². The van der Waals surface area contributed by atoms with Gasteiger partial charge in [-0.2, -0.15) is 9.40 Å². The molecule has 0 unspecified atom stereocenters. The van der Waals surface area contributed by atoms with Crippen molar-refractivity contribution in [2.75, 3.05) is 31.3 Å². The number of nitrogens with zero attached hydrogens (tertiary/aromatic N) is 5. The molecule has 0 N–H and O–H groups in total. The van der Waals surface area contributed by atoms with Crippen LogP contribution in [0.5, 0.6) is 0 Å². The quantitative estimate of drug-likeness (QED) is 0.679. The number of anilines is 1. The number of carbonyl (C=O) groups is 2. The van der Waals surface area contributed by atoms with E-state index in [0.29, 0.717) is 25.2 Å². The second kappa shape index (κ2) is 7.23. The highest BCUT2D eigenvalue weighted by atomic mass is 32.2. The molecule has 0 bridgehead atoms. The van der Waals surface area contributed by atoms with Gasteiger partial charge in [0.15, 0.2) is 0 Å². The molecule has 1 aromatic rings. The van der Waals surface area contributed by atoms with E-state index in [1.807, 2.05) is 6.92 Å². The molecule has 10 heteroatoms. The van der Waals surface area contributed by atoms with Gasteiger partial charge in [-0.05, 0) is 32.6 Å². The van der Waals surface area contributed by atoms with Gasteiger partial charge >= 0.3 is 0 Å². The van der Waals surface area contributed by atoms with Gasteiger partial charge in [0.25, 0.3) is 0 Å². The zero-order valence-corrected chi connectivity index (χ0v) is 17.1. The third kappa shape index (κ3) is 4.16. The van der Waals surface area contributed by atoms with Crippen LogP contribution < -0.4 is 4.90 Å². The fraction of sp³-hybridized carbons (Fsp3) is 0.706. The highest BCUT2D eigenvalue weighted by Gasteiger charge is 2.41. The van der Waals surface area contributed by atoms with Crippen molar-refractivity contribution in [1.29, 1.82) is 0 Å².